The summed E-state index contributed by atoms with van der Waals surface area (Å²) >= 11 is 12.3. The average Bonchev–Trinajstić information content (AvgIpc) is 2.64. The van der Waals surface area contributed by atoms with E-state index in [0.717, 1.165) is 23.1 Å². The highest BCUT2D eigenvalue weighted by Crippen LogP contribution is 2.36. The number of hydrogen-bond acceptors (Lipinski definition) is 2. The van der Waals surface area contributed by atoms with Crippen LogP contribution in [-0.2, 0) is 13.0 Å². The number of rotatable bonds is 3. The fraction of sp³-hybridized carbons (Fsp3) is 0.333. The summed E-state index contributed by atoms with van der Waals surface area (Å²) < 4.78 is 5.76. The number of nitrogens with one attached hydrogen (secondary N) is 1. The first kappa shape index (κ1) is 11.8. The molecule has 0 radical (unpaired) electrons. The smallest absolute Gasteiger partial charge is 0.154 e. The Balaban J connectivity index is 2.76. The fourth-order valence-corrected chi connectivity index (χ4v) is 2.37. The lowest BCUT2D eigenvalue weighted by molar-refractivity contribution is 0.525. The SMILES string of the molecule is CCc1c(CNC)oc2c(Cl)ccc(Cl)c12. The maximum absolute atomic E-state index is 6.19. The topological polar surface area (TPSA) is 25.2 Å². The zero-order chi connectivity index (χ0) is 11.7. The van der Waals surface area contributed by atoms with Crippen LogP contribution in [0.3, 0.4) is 0 Å². The molecule has 0 saturated carbocycles. The summed E-state index contributed by atoms with van der Waals surface area (Å²) in [4.78, 5) is 0. The lowest BCUT2D eigenvalue weighted by atomic mass is 10.1. The van der Waals surface area contributed by atoms with E-state index in [4.69, 9.17) is 27.6 Å². The van der Waals surface area contributed by atoms with E-state index < -0.39 is 0 Å². The normalized spacial score (nSPS) is 11.2. The molecule has 0 aliphatic rings. The Bertz CT molecular complexity index is 519. The van der Waals surface area contributed by atoms with Crippen molar-refractivity contribution in [1.29, 1.82) is 0 Å². The molecule has 2 aromatic rings. The lowest BCUT2D eigenvalue weighted by Gasteiger charge is -1.99. The molecule has 0 spiro atoms. The molecule has 16 heavy (non-hydrogen) atoms. The van der Waals surface area contributed by atoms with Crippen molar-refractivity contribution >= 4 is 34.2 Å². The van der Waals surface area contributed by atoms with Crippen LogP contribution in [0.1, 0.15) is 18.2 Å². The highest BCUT2D eigenvalue weighted by molar-refractivity contribution is 6.40. The van der Waals surface area contributed by atoms with Gasteiger partial charge in [-0.3, -0.25) is 0 Å². The number of halogens is 2. The molecule has 0 saturated heterocycles. The maximum atomic E-state index is 6.19. The number of hydrogen-bond donors (Lipinski definition) is 1. The van der Waals surface area contributed by atoms with Gasteiger partial charge in [-0.05, 0) is 25.6 Å². The lowest BCUT2D eigenvalue weighted by Crippen LogP contribution is -2.05. The van der Waals surface area contributed by atoms with E-state index in [1.807, 2.05) is 13.1 Å². The molecule has 0 fully saturated rings. The second-order valence-corrected chi connectivity index (χ2v) is 4.44. The molecule has 0 amide bonds. The summed E-state index contributed by atoms with van der Waals surface area (Å²) in [5, 5.41) is 5.33. The Labute approximate surface area is 105 Å². The Morgan fingerprint density at radius 3 is 2.56 bits per heavy atom. The minimum atomic E-state index is 0.608. The first-order valence-corrected chi connectivity index (χ1v) is 5.97. The summed E-state index contributed by atoms with van der Waals surface area (Å²) in [6.45, 7) is 2.77. The number of fused-ring (bicyclic) bond motifs is 1. The second kappa shape index (κ2) is 4.66. The van der Waals surface area contributed by atoms with Gasteiger partial charge in [-0.25, -0.2) is 0 Å². The predicted molar refractivity (Wildman–Crippen MR) is 68.4 cm³/mol. The zero-order valence-corrected chi connectivity index (χ0v) is 10.7. The van der Waals surface area contributed by atoms with Gasteiger partial charge in [0.2, 0.25) is 0 Å². The third kappa shape index (κ3) is 1.81. The van der Waals surface area contributed by atoms with E-state index in [9.17, 15) is 0 Å². The molecule has 1 heterocycles. The molecule has 1 aromatic heterocycles. The molecule has 0 unspecified atom stereocenters. The highest BCUT2D eigenvalue weighted by Gasteiger charge is 2.16. The van der Waals surface area contributed by atoms with Gasteiger partial charge < -0.3 is 9.73 Å². The van der Waals surface area contributed by atoms with Crippen molar-refractivity contribution in [2.75, 3.05) is 7.05 Å². The van der Waals surface area contributed by atoms with Gasteiger partial charge in [0, 0.05) is 10.9 Å². The van der Waals surface area contributed by atoms with Crippen LogP contribution in [0.15, 0.2) is 16.5 Å². The van der Waals surface area contributed by atoms with Gasteiger partial charge in [-0.1, -0.05) is 30.1 Å². The van der Waals surface area contributed by atoms with Crippen molar-refractivity contribution in [3.63, 3.8) is 0 Å². The minimum absolute atomic E-state index is 0.608. The van der Waals surface area contributed by atoms with Crippen molar-refractivity contribution in [2.45, 2.75) is 19.9 Å². The Hall–Kier alpha value is -0.700. The molecule has 4 heteroatoms. The summed E-state index contributed by atoms with van der Waals surface area (Å²) in [6.07, 6.45) is 0.879. The molecule has 0 aliphatic heterocycles. The summed E-state index contributed by atoms with van der Waals surface area (Å²) in [5.74, 6) is 0.912. The van der Waals surface area contributed by atoms with E-state index in [0.29, 0.717) is 22.2 Å². The Kier molecular flexibility index (Phi) is 3.43. The largest absolute Gasteiger partial charge is 0.458 e. The van der Waals surface area contributed by atoms with Gasteiger partial charge in [0.1, 0.15) is 5.76 Å². The van der Waals surface area contributed by atoms with Crippen LogP contribution in [0.5, 0.6) is 0 Å². The van der Waals surface area contributed by atoms with Crippen molar-refractivity contribution in [3.8, 4) is 0 Å². The molecule has 0 aliphatic carbocycles. The van der Waals surface area contributed by atoms with Crippen LogP contribution < -0.4 is 5.32 Å². The van der Waals surface area contributed by atoms with Crippen LogP contribution in [0.2, 0.25) is 10.0 Å². The molecule has 1 aromatic carbocycles. The molecule has 1 N–H and O–H groups in total. The van der Waals surface area contributed by atoms with E-state index in [1.54, 1.807) is 6.07 Å². The van der Waals surface area contributed by atoms with Crippen LogP contribution in [0.4, 0.5) is 0 Å². The zero-order valence-electron chi connectivity index (χ0n) is 9.23. The first-order valence-electron chi connectivity index (χ1n) is 5.21. The number of aryl methyl sites for hydroxylation is 1. The van der Waals surface area contributed by atoms with Gasteiger partial charge in [0.05, 0.1) is 16.6 Å². The van der Waals surface area contributed by atoms with E-state index in [-0.39, 0.29) is 0 Å². The second-order valence-electron chi connectivity index (χ2n) is 3.62. The molecular formula is C12H13Cl2NO. The fourth-order valence-electron chi connectivity index (χ4n) is 1.92. The standard InChI is InChI=1S/C12H13Cl2NO/c1-3-7-10(6-15-2)16-12-9(14)5-4-8(13)11(7)12/h4-5,15H,3,6H2,1-2H3. The van der Waals surface area contributed by atoms with Crippen LogP contribution >= 0.6 is 23.2 Å². The molecule has 0 atom stereocenters. The van der Waals surface area contributed by atoms with E-state index in [1.165, 1.54) is 0 Å². The quantitative estimate of drug-likeness (QED) is 0.899. The molecular weight excluding hydrogens is 245 g/mol. The summed E-state index contributed by atoms with van der Waals surface area (Å²) in [6, 6.07) is 3.57. The maximum Gasteiger partial charge on any atom is 0.154 e. The van der Waals surface area contributed by atoms with Gasteiger partial charge in [0.15, 0.2) is 5.58 Å². The predicted octanol–water partition coefficient (Wildman–Crippen LogP) is 4.02. The number of furan rings is 1. The van der Waals surface area contributed by atoms with Gasteiger partial charge in [-0.15, -0.1) is 0 Å². The third-order valence-corrected chi connectivity index (χ3v) is 3.23. The van der Waals surface area contributed by atoms with Crippen molar-refractivity contribution < 1.29 is 4.42 Å². The van der Waals surface area contributed by atoms with Crippen molar-refractivity contribution in [1.82, 2.24) is 5.32 Å². The highest BCUT2D eigenvalue weighted by atomic mass is 35.5. The van der Waals surface area contributed by atoms with E-state index >= 15 is 0 Å². The van der Waals surface area contributed by atoms with Crippen LogP contribution in [0.25, 0.3) is 11.0 Å². The Morgan fingerprint density at radius 2 is 1.94 bits per heavy atom. The van der Waals surface area contributed by atoms with Crippen LogP contribution in [-0.4, -0.2) is 7.05 Å². The van der Waals surface area contributed by atoms with Crippen LogP contribution in [0, 0.1) is 0 Å². The first-order chi connectivity index (χ1) is 7.69. The molecule has 86 valence electrons. The summed E-state index contributed by atoms with van der Waals surface area (Å²) in [5.41, 5.74) is 1.83. The monoisotopic (exact) mass is 257 g/mol. The average molecular weight is 258 g/mol. The number of benzene rings is 1. The van der Waals surface area contributed by atoms with Gasteiger partial charge >= 0.3 is 0 Å². The van der Waals surface area contributed by atoms with Crippen molar-refractivity contribution in [2.24, 2.45) is 0 Å². The molecule has 2 rings (SSSR count). The summed E-state index contributed by atoms with van der Waals surface area (Å²) in [7, 11) is 1.88. The Morgan fingerprint density at radius 1 is 1.25 bits per heavy atom. The minimum Gasteiger partial charge on any atom is -0.458 e. The molecule has 0 bridgehead atoms. The molecule has 2 nitrogen and oxygen atoms in total. The van der Waals surface area contributed by atoms with Gasteiger partial charge in [-0.2, -0.15) is 0 Å². The van der Waals surface area contributed by atoms with Gasteiger partial charge in [0.25, 0.3) is 0 Å². The van der Waals surface area contributed by atoms with Crippen molar-refractivity contribution in [3.05, 3.63) is 33.5 Å². The third-order valence-electron chi connectivity index (χ3n) is 2.61. The van der Waals surface area contributed by atoms with E-state index in [2.05, 4.69) is 12.2 Å².